The van der Waals surface area contributed by atoms with Crippen LogP contribution in [0.4, 0.5) is 0 Å². The first-order valence-corrected chi connectivity index (χ1v) is 11.1. The van der Waals surface area contributed by atoms with E-state index in [1.165, 1.54) is 16.9 Å². The third kappa shape index (κ3) is 5.58. The maximum Gasteiger partial charge on any atom is 0.251 e. The summed E-state index contributed by atoms with van der Waals surface area (Å²) in [5, 5.41) is 9.54. The molecule has 0 bridgehead atoms. The number of aromatic nitrogens is 3. The fraction of sp³-hybridized carbons (Fsp3) is 0.208. The first-order valence-electron chi connectivity index (χ1n) is 10.2. The number of thiazole rings is 1. The lowest BCUT2D eigenvalue weighted by molar-refractivity contribution is 0.0952. The van der Waals surface area contributed by atoms with Gasteiger partial charge in [-0.15, -0.1) is 11.3 Å². The molecule has 2 heterocycles. The Morgan fingerprint density at radius 2 is 2.03 bits per heavy atom. The summed E-state index contributed by atoms with van der Waals surface area (Å²) in [6.45, 7) is 3.01. The van der Waals surface area contributed by atoms with Crippen LogP contribution in [0.5, 0.6) is 5.75 Å². The molecule has 0 aliphatic heterocycles. The van der Waals surface area contributed by atoms with Gasteiger partial charge in [0.15, 0.2) is 0 Å². The highest BCUT2D eigenvalue weighted by Gasteiger charge is 2.09. The number of ether oxygens (including phenoxy) is 1. The van der Waals surface area contributed by atoms with E-state index in [0.717, 1.165) is 29.9 Å². The van der Waals surface area contributed by atoms with Gasteiger partial charge in [0.1, 0.15) is 12.4 Å². The summed E-state index contributed by atoms with van der Waals surface area (Å²) in [6, 6.07) is 17.3. The minimum absolute atomic E-state index is 0.101. The van der Waals surface area contributed by atoms with Crippen molar-refractivity contribution in [1.82, 2.24) is 20.1 Å². The van der Waals surface area contributed by atoms with Crippen LogP contribution in [0.2, 0.25) is 0 Å². The van der Waals surface area contributed by atoms with Crippen molar-refractivity contribution in [3.63, 3.8) is 0 Å². The van der Waals surface area contributed by atoms with E-state index < -0.39 is 0 Å². The van der Waals surface area contributed by atoms with Gasteiger partial charge in [-0.1, -0.05) is 24.3 Å². The standard InChI is InChI=1S/C24H24N4O2S/c1-18-20(14-28(27-18)22-9-3-2-4-10-22)8-6-12-25-24(29)19-7-5-11-23(13-19)30-15-21-16-31-17-26-21/h2-5,7,9-11,13-14,16-17H,6,8,12,15H2,1H3,(H,25,29). The molecule has 158 valence electrons. The number of amides is 1. The summed E-state index contributed by atoms with van der Waals surface area (Å²) in [6.07, 6.45) is 3.76. The zero-order chi connectivity index (χ0) is 21.5. The monoisotopic (exact) mass is 432 g/mol. The van der Waals surface area contributed by atoms with Crippen LogP contribution >= 0.6 is 11.3 Å². The lowest BCUT2D eigenvalue weighted by atomic mass is 10.1. The van der Waals surface area contributed by atoms with Gasteiger partial charge < -0.3 is 10.1 Å². The molecule has 7 heteroatoms. The average Bonchev–Trinajstić information content (AvgIpc) is 3.46. The summed E-state index contributed by atoms with van der Waals surface area (Å²) in [5.41, 5.74) is 6.49. The third-order valence-corrected chi connectivity index (χ3v) is 5.53. The van der Waals surface area contributed by atoms with Crippen molar-refractivity contribution < 1.29 is 9.53 Å². The summed E-state index contributed by atoms with van der Waals surface area (Å²) < 4.78 is 7.63. The van der Waals surface area contributed by atoms with E-state index in [0.29, 0.717) is 24.5 Å². The molecule has 0 radical (unpaired) electrons. The van der Waals surface area contributed by atoms with Crippen LogP contribution in [0, 0.1) is 6.92 Å². The topological polar surface area (TPSA) is 69.0 Å². The SMILES string of the molecule is Cc1nn(-c2ccccc2)cc1CCCNC(=O)c1cccc(OCc2cscn2)c1. The first-order chi connectivity index (χ1) is 15.2. The van der Waals surface area contributed by atoms with Gasteiger partial charge in [0.2, 0.25) is 0 Å². The van der Waals surface area contributed by atoms with Crippen molar-refractivity contribution in [3.05, 3.63) is 94.2 Å². The van der Waals surface area contributed by atoms with Crippen molar-refractivity contribution in [2.24, 2.45) is 0 Å². The van der Waals surface area contributed by atoms with E-state index in [1.807, 2.05) is 59.5 Å². The summed E-state index contributed by atoms with van der Waals surface area (Å²) in [7, 11) is 0. The highest BCUT2D eigenvalue weighted by atomic mass is 32.1. The van der Waals surface area contributed by atoms with E-state index >= 15 is 0 Å². The number of hydrogen-bond donors (Lipinski definition) is 1. The maximum absolute atomic E-state index is 12.5. The van der Waals surface area contributed by atoms with Gasteiger partial charge in [-0.25, -0.2) is 9.67 Å². The lowest BCUT2D eigenvalue weighted by Gasteiger charge is -2.08. The smallest absolute Gasteiger partial charge is 0.251 e. The van der Waals surface area contributed by atoms with Gasteiger partial charge in [-0.2, -0.15) is 5.10 Å². The average molecular weight is 433 g/mol. The third-order valence-electron chi connectivity index (χ3n) is 4.90. The highest BCUT2D eigenvalue weighted by Crippen LogP contribution is 2.16. The Labute approximate surface area is 185 Å². The predicted molar refractivity (Wildman–Crippen MR) is 122 cm³/mol. The van der Waals surface area contributed by atoms with Gasteiger partial charge in [0, 0.05) is 23.7 Å². The van der Waals surface area contributed by atoms with E-state index in [1.54, 1.807) is 17.6 Å². The Bertz CT molecular complexity index is 1120. The van der Waals surface area contributed by atoms with Gasteiger partial charge in [0.25, 0.3) is 5.91 Å². The number of aryl methyl sites for hydroxylation is 2. The number of nitrogens with one attached hydrogen (secondary N) is 1. The molecular weight excluding hydrogens is 408 g/mol. The van der Waals surface area contributed by atoms with E-state index in [-0.39, 0.29) is 5.91 Å². The molecule has 0 saturated carbocycles. The number of carbonyl (C=O) groups is 1. The number of nitrogens with zero attached hydrogens (tertiary/aromatic N) is 3. The van der Waals surface area contributed by atoms with Crippen molar-refractivity contribution in [3.8, 4) is 11.4 Å². The number of para-hydroxylation sites is 1. The second-order valence-corrected chi connectivity index (χ2v) is 7.89. The molecule has 0 fully saturated rings. The fourth-order valence-electron chi connectivity index (χ4n) is 3.23. The number of benzene rings is 2. The molecule has 0 atom stereocenters. The van der Waals surface area contributed by atoms with Gasteiger partial charge in [-0.3, -0.25) is 4.79 Å². The normalized spacial score (nSPS) is 10.7. The van der Waals surface area contributed by atoms with Crippen molar-refractivity contribution in [2.45, 2.75) is 26.4 Å². The summed E-state index contributed by atoms with van der Waals surface area (Å²) in [5.74, 6) is 0.556. The Hall–Kier alpha value is -3.45. The van der Waals surface area contributed by atoms with Crippen molar-refractivity contribution >= 4 is 17.2 Å². The van der Waals surface area contributed by atoms with Crippen molar-refractivity contribution in [1.29, 1.82) is 0 Å². The fourth-order valence-corrected chi connectivity index (χ4v) is 3.77. The molecule has 4 aromatic rings. The maximum atomic E-state index is 12.5. The molecule has 31 heavy (non-hydrogen) atoms. The van der Waals surface area contributed by atoms with Gasteiger partial charge in [0.05, 0.1) is 22.6 Å². The Morgan fingerprint density at radius 1 is 1.16 bits per heavy atom. The molecule has 6 nitrogen and oxygen atoms in total. The zero-order valence-corrected chi connectivity index (χ0v) is 18.1. The predicted octanol–water partition coefficient (Wildman–Crippen LogP) is 4.58. The van der Waals surface area contributed by atoms with Crippen LogP contribution in [0.3, 0.4) is 0 Å². The largest absolute Gasteiger partial charge is 0.487 e. The minimum atomic E-state index is -0.101. The lowest BCUT2D eigenvalue weighted by Crippen LogP contribution is -2.24. The van der Waals surface area contributed by atoms with Crippen LogP contribution in [0.15, 0.2) is 71.7 Å². The molecule has 2 aromatic heterocycles. The molecule has 0 aliphatic carbocycles. The minimum Gasteiger partial charge on any atom is -0.487 e. The Kier molecular flexibility index (Phi) is 6.74. The first kappa shape index (κ1) is 20.8. The molecule has 1 amide bonds. The second-order valence-electron chi connectivity index (χ2n) is 7.18. The summed E-state index contributed by atoms with van der Waals surface area (Å²) >= 11 is 1.53. The van der Waals surface area contributed by atoms with Gasteiger partial charge >= 0.3 is 0 Å². The highest BCUT2D eigenvalue weighted by molar-refractivity contribution is 7.07. The van der Waals surface area contributed by atoms with Crippen molar-refractivity contribution in [2.75, 3.05) is 6.54 Å². The molecule has 4 rings (SSSR count). The number of carbonyl (C=O) groups excluding carboxylic acids is 1. The molecule has 0 saturated heterocycles. The molecule has 0 spiro atoms. The zero-order valence-electron chi connectivity index (χ0n) is 17.3. The number of hydrogen-bond acceptors (Lipinski definition) is 5. The van der Waals surface area contributed by atoms with E-state index in [4.69, 9.17) is 4.74 Å². The molecule has 1 N–H and O–H groups in total. The summed E-state index contributed by atoms with van der Waals surface area (Å²) in [4.78, 5) is 16.7. The van der Waals surface area contributed by atoms with Crippen LogP contribution in [0.25, 0.3) is 5.69 Å². The molecule has 0 unspecified atom stereocenters. The molecular formula is C24H24N4O2S. The Morgan fingerprint density at radius 3 is 2.84 bits per heavy atom. The van der Waals surface area contributed by atoms with Gasteiger partial charge in [-0.05, 0) is 55.7 Å². The number of rotatable bonds is 9. The van der Waals surface area contributed by atoms with Crippen LogP contribution in [-0.2, 0) is 13.0 Å². The van der Waals surface area contributed by atoms with Crippen LogP contribution < -0.4 is 10.1 Å². The second kappa shape index (κ2) is 10.0. The molecule has 0 aliphatic rings. The van der Waals surface area contributed by atoms with Crippen LogP contribution in [0.1, 0.15) is 33.7 Å². The Balaban J connectivity index is 1.26. The molecule has 2 aromatic carbocycles. The van der Waals surface area contributed by atoms with Crippen LogP contribution in [-0.4, -0.2) is 27.2 Å². The van der Waals surface area contributed by atoms with E-state index in [2.05, 4.69) is 21.6 Å². The quantitative estimate of drug-likeness (QED) is 0.393. The van der Waals surface area contributed by atoms with E-state index in [9.17, 15) is 4.79 Å².